The van der Waals surface area contributed by atoms with E-state index in [2.05, 4.69) is 15.3 Å². The molecule has 1 heterocycles. The number of anilines is 1. The summed E-state index contributed by atoms with van der Waals surface area (Å²) < 4.78 is 5.06. The fourth-order valence-corrected chi connectivity index (χ4v) is 3.00. The van der Waals surface area contributed by atoms with Gasteiger partial charge in [0.2, 0.25) is 5.91 Å². The maximum Gasteiger partial charge on any atom is 0.341 e. The van der Waals surface area contributed by atoms with Crippen molar-refractivity contribution in [1.82, 2.24) is 9.97 Å². The first-order valence-electron chi connectivity index (χ1n) is 7.75. The number of carbonyl (C=O) groups is 2. The molecule has 1 amide bonds. The predicted octanol–water partition coefficient (Wildman–Crippen LogP) is 2.34. The van der Waals surface area contributed by atoms with Crippen molar-refractivity contribution in [2.45, 2.75) is 19.3 Å². The van der Waals surface area contributed by atoms with Crippen LogP contribution in [0.3, 0.4) is 0 Å². The number of carboxylic acid groups (broad SMARTS) is 1. The van der Waals surface area contributed by atoms with Gasteiger partial charge in [0.25, 0.3) is 0 Å². The fourth-order valence-electron chi connectivity index (χ4n) is 2.76. The molecule has 0 fully saturated rings. The molecule has 0 spiro atoms. The molecule has 1 unspecified atom stereocenters. The molecule has 0 saturated heterocycles. The number of amides is 1. The molecule has 7 nitrogen and oxygen atoms in total. The molecule has 1 aliphatic carbocycles. The van der Waals surface area contributed by atoms with E-state index in [9.17, 15) is 9.59 Å². The molecule has 1 aromatic heterocycles. The van der Waals surface area contributed by atoms with Crippen molar-refractivity contribution in [1.29, 1.82) is 0 Å². The van der Waals surface area contributed by atoms with Crippen LogP contribution in [-0.2, 0) is 22.4 Å². The summed E-state index contributed by atoms with van der Waals surface area (Å²) in [5.74, 6) is -1.08. The van der Waals surface area contributed by atoms with Gasteiger partial charge in [0.05, 0.1) is 5.02 Å². The molecule has 2 N–H and O–H groups in total. The molecule has 0 bridgehead atoms. The molecule has 3 rings (SSSR count). The van der Waals surface area contributed by atoms with Gasteiger partial charge in [0, 0.05) is 23.5 Å². The molecule has 2 aromatic rings. The Hall–Kier alpha value is -2.67. The van der Waals surface area contributed by atoms with Crippen LogP contribution in [0, 0.1) is 5.92 Å². The summed E-state index contributed by atoms with van der Waals surface area (Å²) in [6, 6.07) is 4.70. The number of aliphatic carboxylic acids is 1. The molecule has 130 valence electrons. The Balaban J connectivity index is 1.63. The van der Waals surface area contributed by atoms with Crippen LogP contribution in [-0.4, -0.2) is 33.6 Å². The third kappa shape index (κ3) is 4.24. The van der Waals surface area contributed by atoms with E-state index in [0.29, 0.717) is 12.1 Å². The van der Waals surface area contributed by atoms with Crippen molar-refractivity contribution in [2.24, 2.45) is 5.92 Å². The van der Waals surface area contributed by atoms with E-state index in [1.807, 2.05) is 0 Å². The molecule has 0 saturated carbocycles. The number of carbonyl (C=O) groups excluding carboxylic acids is 1. The van der Waals surface area contributed by atoms with Crippen LogP contribution in [0.4, 0.5) is 5.69 Å². The van der Waals surface area contributed by atoms with Crippen molar-refractivity contribution >= 4 is 29.2 Å². The van der Waals surface area contributed by atoms with Crippen LogP contribution in [0.2, 0.25) is 5.02 Å². The van der Waals surface area contributed by atoms with E-state index >= 15 is 0 Å². The fraction of sp³-hybridized carbons (Fsp3) is 0.294. The average molecular weight is 362 g/mol. The maximum absolute atomic E-state index is 12.5. The minimum Gasteiger partial charge on any atom is -0.480 e. The lowest BCUT2D eigenvalue weighted by Gasteiger charge is -2.22. The zero-order valence-electron chi connectivity index (χ0n) is 13.2. The number of nitrogens with zero attached hydrogens (tertiary/aromatic N) is 2. The largest absolute Gasteiger partial charge is 0.480 e. The van der Waals surface area contributed by atoms with Gasteiger partial charge in [0.15, 0.2) is 6.61 Å². The number of nitrogens with one attached hydrogen (secondary N) is 1. The van der Waals surface area contributed by atoms with Gasteiger partial charge >= 0.3 is 5.97 Å². The topological polar surface area (TPSA) is 101 Å². The van der Waals surface area contributed by atoms with Gasteiger partial charge in [-0.25, -0.2) is 14.8 Å². The van der Waals surface area contributed by atoms with Crippen LogP contribution in [0.1, 0.15) is 17.7 Å². The summed E-state index contributed by atoms with van der Waals surface area (Å²) in [6.45, 7) is -0.477. The highest BCUT2D eigenvalue weighted by atomic mass is 35.5. The first-order chi connectivity index (χ1) is 12.0. The van der Waals surface area contributed by atoms with Crippen molar-refractivity contribution in [3.05, 3.63) is 47.0 Å². The van der Waals surface area contributed by atoms with Crippen molar-refractivity contribution in [2.75, 3.05) is 11.9 Å². The second kappa shape index (κ2) is 7.48. The number of hydrogen-bond donors (Lipinski definition) is 2. The van der Waals surface area contributed by atoms with Crippen LogP contribution >= 0.6 is 11.6 Å². The zero-order valence-corrected chi connectivity index (χ0v) is 14.0. The van der Waals surface area contributed by atoms with Crippen molar-refractivity contribution in [3.8, 4) is 5.75 Å². The minimum absolute atomic E-state index is 0.0928. The number of ether oxygens (including phenoxy) is 1. The highest BCUT2D eigenvalue weighted by Gasteiger charge is 2.25. The molecular formula is C17H16ClN3O4. The monoisotopic (exact) mass is 361 g/mol. The van der Waals surface area contributed by atoms with Gasteiger partial charge in [-0.1, -0.05) is 11.6 Å². The SMILES string of the molecule is O=C(O)COc1ccc(NC(=O)C2CCc3ncncc3C2)cc1Cl. The van der Waals surface area contributed by atoms with Crippen molar-refractivity contribution < 1.29 is 19.4 Å². The first kappa shape index (κ1) is 17.2. The third-order valence-electron chi connectivity index (χ3n) is 4.00. The Kier molecular flexibility index (Phi) is 5.14. The summed E-state index contributed by atoms with van der Waals surface area (Å²) >= 11 is 6.06. The summed E-state index contributed by atoms with van der Waals surface area (Å²) in [4.78, 5) is 31.3. The highest BCUT2D eigenvalue weighted by Crippen LogP contribution is 2.29. The lowest BCUT2D eigenvalue weighted by Crippen LogP contribution is -2.28. The third-order valence-corrected chi connectivity index (χ3v) is 4.29. The summed E-state index contributed by atoms with van der Waals surface area (Å²) in [7, 11) is 0. The molecule has 25 heavy (non-hydrogen) atoms. The van der Waals surface area contributed by atoms with E-state index in [4.69, 9.17) is 21.4 Å². The number of carboxylic acids is 1. The molecule has 0 radical (unpaired) electrons. The quantitative estimate of drug-likeness (QED) is 0.847. The van der Waals surface area contributed by atoms with E-state index in [0.717, 1.165) is 24.1 Å². The van der Waals surface area contributed by atoms with E-state index < -0.39 is 12.6 Å². The average Bonchev–Trinajstić information content (AvgIpc) is 2.60. The summed E-state index contributed by atoms with van der Waals surface area (Å²) in [6.07, 6.45) is 5.36. The van der Waals surface area contributed by atoms with Gasteiger partial charge in [-0.05, 0) is 43.0 Å². The normalized spacial score (nSPS) is 16.0. The molecule has 1 aliphatic rings. The smallest absolute Gasteiger partial charge is 0.341 e. The van der Waals surface area contributed by atoms with Gasteiger partial charge in [-0.3, -0.25) is 4.79 Å². The van der Waals surface area contributed by atoms with Gasteiger partial charge in [-0.15, -0.1) is 0 Å². The molecule has 1 aromatic carbocycles. The highest BCUT2D eigenvalue weighted by molar-refractivity contribution is 6.32. The Bertz CT molecular complexity index is 812. The Morgan fingerprint density at radius 1 is 1.40 bits per heavy atom. The molecule has 8 heteroatoms. The van der Waals surface area contributed by atoms with Gasteiger partial charge in [0.1, 0.15) is 12.1 Å². The van der Waals surface area contributed by atoms with Gasteiger partial charge in [-0.2, -0.15) is 0 Å². The van der Waals surface area contributed by atoms with E-state index in [1.54, 1.807) is 12.3 Å². The second-order valence-electron chi connectivity index (χ2n) is 5.75. The predicted molar refractivity (Wildman–Crippen MR) is 90.8 cm³/mol. The Morgan fingerprint density at radius 3 is 3.00 bits per heavy atom. The number of aryl methyl sites for hydroxylation is 1. The molecule has 0 aliphatic heterocycles. The van der Waals surface area contributed by atoms with Crippen LogP contribution < -0.4 is 10.1 Å². The number of hydrogen-bond acceptors (Lipinski definition) is 5. The zero-order chi connectivity index (χ0) is 17.8. The minimum atomic E-state index is -1.09. The summed E-state index contributed by atoms with van der Waals surface area (Å²) in [5.41, 5.74) is 2.54. The molecular weight excluding hydrogens is 346 g/mol. The lowest BCUT2D eigenvalue weighted by atomic mass is 9.86. The van der Waals surface area contributed by atoms with Crippen LogP contribution in [0.5, 0.6) is 5.75 Å². The van der Waals surface area contributed by atoms with Crippen LogP contribution in [0.25, 0.3) is 0 Å². The van der Waals surface area contributed by atoms with E-state index in [-0.39, 0.29) is 22.6 Å². The lowest BCUT2D eigenvalue weighted by molar-refractivity contribution is -0.139. The number of fused-ring (bicyclic) bond motifs is 1. The second-order valence-corrected chi connectivity index (χ2v) is 6.16. The summed E-state index contributed by atoms with van der Waals surface area (Å²) in [5, 5.41) is 11.7. The first-order valence-corrected chi connectivity index (χ1v) is 8.13. The van der Waals surface area contributed by atoms with Crippen molar-refractivity contribution in [3.63, 3.8) is 0 Å². The number of benzene rings is 1. The standard InChI is InChI=1S/C17H16ClN3O4/c18-13-6-12(2-4-15(13)25-8-16(22)23)21-17(24)10-1-3-14-11(5-10)7-19-9-20-14/h2,4,6-7,9-10H,1,3,5,8H2,(H,21,24)(H,22,23). The molecule has 1 atom stereocenters. The van der Waals surface area contributed by atoms with E-state index in [1.165, 1.54) is 18.5 Å². The number of rotatable bonds is 5. The van der Waals surface area contributed by atoms with Crippen LogP contribution in [0.15, 0.2) is 30.7 Å². The Labute approximate surface area is 149 Å². The number of halogens is 1. The maximum atomic E-state index is 12.5. The Morgan fingerprint density at radius 2 is 2.24 bits per heavy atom. The number of aromatic nitrogens is 2. The van der Waals surface area contributed by atoms with Gasteiger partial charge < -0.3 is 15.2 Å².